The summed E-state index contributed by atoms with van der Waals surface area (Å²) in [6.07, 6.45) is 2.80. The molecule has 0 aromatic carbocycles. The Morgan fingerprint density at radius 2 is 2.20 bits per heavy atom. The van der Waals surface area contributed by atoms with Crippen molar-refractivity contribution in [3.63, 3.8) is 0 Å². The van der Waals surface area contributed by atoms with Crippen molar-refractivity contribution in [2.24, 2.45) is 0 Å². The van der Waals surface area contributed by atoms with Crippen LogP contribution in [0.25, 0.3) is 0 Å². The first kappa shape index (κ1) is 14.3. The minimum Gasteiger partial charge on any atom is -0.466 e. The van der Waals surface area contributed by atoms with Gasteiger partial charge < -0.3 is 9.73 Å². The summed E-state index contributed by atoms with van der Waals surface area (Å²) in [5, 5.41) is 2.64. The minimum absolute atomic E-state index is 0.130. The summed E-state index contributed by atoms with van der Waals surface area (Å²) in [5.41, 5.74) is -1.16. The number of hydrogen-bond donors (Lipinski definition) is 1. The molecule has 6 nitrogen and oxygen atoms in total. The number of rotatable bonds is 6. The Kier molecular flexibility index (Phi) is 3.92. The maximum atomic E-state index is 12.4. The predicted molar refractivity (Wildman–Crippen MR) is 70.8 cm³/mol. The van der Waals surface area contributed by atoms with Crippen molar-refractivity contribution in [3.8, 4) is 0 Å². The van der Waals surface area contributed by atoms with Gasteiger partial charge in [-0.1, -0.05) is 6.92 Å². The number of imide groups is 1. The number of carbonyl (C=O) groups excluding carboxylic acids is 3. The molecule has 0 aliphatic carbocycles. The summed E-state index contributed by atoms with van der Waals surface area (Å²) in [7, 11) is 0. The molecule has 0 spiro atoms. The van der Waals surface area contributed by atoms with E-state index in [2.05, 4.69) is 5.32 Å². The fourth-order valence-corrected chi connectivity index (χ4v) is 2.24. The number of nitrogens with one attached hydrogen (secondary N) is 1. The van der Waals surface area contributed by atoms with Gasteiger partial charge in [0.2, 0.25) is 0 Å². The molecule has 1 aromatic heterocycles. The number of nitrogens with zero attached hydrogens (tertiary/aromatic N) is 1. The molecule has 1 aliphatic heterocycles. The van der Waals surface area contributed by atoms with Crippen LogP contribution in [0.15, 0.2) is 22.8 Å². The van der Waals surface area contributed by atoms with E-state index in [1.165, 1.54) is 6.26 Å². The Hall–Kier alpha value is -2.11. The van der Waals surface area contributed by atoms with E-state index in [9.17, 15) is 14.4 Å². The lowest BCUT2D eigenvalue weighted by atomic mass is 9.99. The van der Waals surface area contributed by atoms with E-state index < -0.39 is 11.6 Å². The summed E-state index contributed by atoms with van der Waals surface area (Å²) in [4.78, 5) is 36.7. The molecule has 1 atom stereocenters. The Labute approximate surface area is 117 Å². The van der Waals surface area contributed by atoms with Crippen molar-refractivity contribution in [2.45, 2.75) is 38.6 Å². The molecular weight excluding hydrogens is 260 g/mol. The normalized spacial score (nSPS) is 22.2. The van der Waals surface area contributed by atoms with Crippen molar-refractivity contribution in [3.05, 3.63) is 24.2 Å². The average Bonchev–Trinajstić information content (AvgIpc) is 3.02. The molecule has 1 unspecified atom stereocenters. The maximum absolute atomic E-state index is 12.4. The van der Waals surface area contributed by atoms with Gasteiger partial charge in [0.15, 0.2) is 5.54 Å². The molecule has 0 saturated carbocycles. The standard InChI is InChI=1S/C14H18N2O4/c1-3-10(17)6-4-8-16-12(18)14(2,15-13(16)19)11-7-5-9-20-11/h5,7,9H,3-4,6,8H2,1-2H3,(H,15,19). The van der Waals surface area contributed by atoms with Crippen LogP contribution in [0.1, 0.15) is 38.9 Å². The molecule has 2 rings (SSSR count). The summed E-state index contributed by atoms with van der Waals surface area (Å²) < 4.78 is 5.23. The Bertz CT molecular complexity index is 523. The van der Waals surface area contributed by atoms with Gasteiger partial charge >= 0.3 is 6.03 Å². The van der Waals surface area contributed by atoms with Gasteiger partial charge in [-0.3, -0.25) is 14.5 Å². The average molecular weight is 278 g/mol. The second kappa shape index (κ2) is 5.48. The molecule has 1 aromatic rings. The molecule has 1 N–H and O–H groups in total. The first-order valence-electron chi connectivity index (χ1n) is 6.69. The number of hydrogen-bond acceptors (Lipinski definition) is 4. The molecule has 0 bridgehead atoms. The van der Waals surface area contributed by atoms with Crippen LogP contribution < -0.4 is 5.32 Å². The third-order valence-electron chi connectivity index (χ3n) is 3.52. The smallest absolute Gasteiger partial charge is 0.325 e. The lowest BCUT2D eigenvalue weighted by Crippen LogP contribution is -2.40. The summed E-state index contributed by atoms with van der Waals surface area (Å²) in [5.74, 6) is 0.190. The minimum atomic E-state index is -1.16. The molecule has 1 saturated heterocycles. The number of furan rings is 1. The maximum Gasteiger partial charge on any atom is 0.325 e. The van der Waals surface area contributed by atoms with Crippen LogP contribution in [0.3, 0.4) is 0 Å². The number of ketones is 1. The summed E-state index contributed by atoms with van der Waals surface area (Å²) in [6, 6.07) is 2.88. The first-order valence-corrected chi connectivity index (χ1v) is 6.69. The molecule has 1 fully saturated rings. The summed E-state index contributed by atoms with van der Waals surface area (Å²) in [6.45, 7) is 3.65. The number of carbonyl (C=O) groups is 3. The van der Waals surface area contributed by atoms with Crippen LogP contribution in [0.2, 0.25) is 0 Å². The molecule has 1 aliphatic rings. The highest BCUT2D eigenvalue weighted by atomic mass is 16.3. The second-order valence-corrected chi connectivity index (χ2v) is 4.99. The van der Waals surface area contributed by atoms with E-state index in [-0.39, 0.29) is 18.2 Å². The lowest BCUT2D eigenvalue weighted by Gasteiger charge is -2.18. The zero-order chi connectivity index (χ0) is 14.8. The first-order chi connectivity index (χ1) is 9.49. The van der Waals surface area contributed by atoms with Gasteiger partial charge in [-0.2, -0.15) is 0 Å². The van der Waals surface area contributed by atoms with Crippen molar-refractivity contribution in [2.75, 3.05) is 6.54 Å². The van der Waals surface area contributed by atoms with Gasteiger partial charge in [0, 0.05) is 19.4 Å². The van der Waals surface area contributed by atoms with E-state index >= 15 is 0 Å². The molecule has 0 radical (unpaired) electrons. The van der Waals surface area contributed by atoms with Crippen LogP contribution in [0.5, 0.6) is 0 Å². The molecule has 20 heavy (non-hydrogen) atoms. The fraction of sp³-hybridized carbons (Fsp3) is 0.500. The Balaban J connectivity index is 2.04. The predicted octanol–water partition coefficient (Wildman–Crippen LogP) is 1.81. The Morgan fingerprint density at radius 3 is 2.80 bits per heavy atom. The van der Waals surface area contributed by atoms with Gasteiger partial charge in [0.05, 0.1) is 6.26 Å². The highest BCUT2D eigenvalue weighted by Gasteiger charge is 2.50. The summed E-state index contributed by atoms with van der Waals surface area (Å²) >= 11 is 0. The van der Waals surface area contributed by atoms with Gasteiger partial charge in [-0.25, -0.2) is 4.79 Å². The quantitative estimate of drug-likeness (QED) is 0.805. The SMILES string of the molecule is CCC(=O)CCCN1C(=O)NC(C)(c2ccco2)C1=O. The van der Waals surface area contributed by atoms with E-state index in [1.54, 1.807) is 26.0 Å². The lowest BCUT2D eigenvalue weighted by molar-refractivity contribution is -0.132. The molecule has 2 heterocycles. The number of Topliss-reactive ketones (excluding diaryl/α,β-unsaturated/α-hetero) is 1. The van der Waals surface area contributed by atoms with Crippen molar-refractivity contribution < 1.29 is 18.8 Å². The van der Waals surface area contributed by atoms with Gasteiger partial charge in [0.1, 0.15) is 11.5 Å². The van der Waals surface area contributed by atoms with Crippen molar-refractivity contribution in [1.29, 1.82) is 0 Å². The van der Waals surface area contributed by atoms with Gasteiger partial charge in [-0.15, -0.1) is 0 Å². The fourth-order valence-electron chi connectivity index (χ4n) is 2.24. The topological polar surface area (TPSA) is 79.6 Å². The zero-order valence-corrected chi connectivity index (χ0v) is 11.6. The highest BCUT2D eigenvalue weighted by Crippen LogP contribution is 2.29. The van der Waals surface area contributed by atoms with Crippen LogP contribution in [-0.4, -0.2) is 29.2 Å². The van der Waals surface area contributed by atoms with Crippen LogP contribution in [0.4, 0.5) is 4.79 Å². The van der Waals surface area contributed by atoms with Crippen molar-refractivity contribution in [1.82, 2.24) is 10.2 Å². The zero-order valence-electron chi connectivity index (χ0n) is 11.6. The van der Waals surface area contributed by atoms with Crippen LogP contribution >= 0.6 is 0 Å². The van der Waals surface area contributed by atoms with Gasteiger partial charge in [-0.05, 0) is 25.5 Å². The number of urea groups is 1. The number of amides is 3. The second-order valence-electron chi connectivity index (χ2n) is 4.99. The van der Waals surface area contributed by atoms with E-state index in [0.717, 1.165) is 4.90 Å². The molecular formula is C14H18N2O4. The van der Waals surface area contributed by atoms with Crippen LogP contribution in [0, 0.1) is 0 Å². The van der Waals surface area contributed by atoms with E-state index in [1.807, 2.05) is 0 Å². The van der Waals surface area contributed by atoms with Crippen LogP contribution in [-0.2, 0) is 15.1 Å². The molecule has 3 amide bonds. The van der Waals surface area contributed by atoms with E-state index in [4.69, 9.17) is 4.42 Å². The molecule has 108 valence electrons. The Morgan fingerprint density at radius 1 is 1.45 bits per heavy atom. The monoisotopic (exact) mass is 278 g/mol. The third-order valence-corrected chi connectivity index (χ3v) is 3.52. The third kappa shape index (κ3) is 2.45. The van der Waals surface area contributed by atoms with Gasteiger partial charge in [0.25, 0.3) is 5.91 Å². The largest absolute Gasteiger partial charge is 0.466 e. The van der Waals surface area contributed by atoms with Crippen molar-refractivity contribution >= 4 is 17.7 Å². The highest BCUT2D eigenvalue weighted by molar-refractivity contribution is 6.06. The van der Waals surface area contributed by atoms with E-state index in [0.29, 0.717) is 25.0 Å². The molecule has 6 heteroatoms.